The molecule has 2 heterocycles. The predicted octanol–water partition coefficient (Wildman–Crippen LogP) is 3.49. The second kappa shape index (κ2) is 8.44. The van der Waals surface area contributed by atoms with Crippen LogP contribution in [0.4, 0.5) is 10.5 Å². The van der Waals surface area contributed by atoms with Crippen molar-refractivity contribution in [3.63, 3.8) is 0 Å². The first-order valence-corrected chi connectivity index (χ1v) is 9.05. The smallest absolute Gasteiger partial charge is 0.319 e. The number of hydrogen-bond donors (Lipinski definition) is 3. The monoisotopic (exact) mass is 364 g/mol. The van der Waals surface area contributed by atoms with E-state index < -0.39 is 0 Å². The molecule has 7 nitrogen and oxygen atoms in total. The molecule has 0 unspecified atom stereocenters. The van der Waals surface area contributed by atoms with Crippen LogP contribution in [0.5, 0.6) is 0 Å². The number of urea groups is 1. The molecule has 0 saturated heterocycles. The minimum Gasteiger partial charge on any atom is -0.335 e. The Morgan fingerprint density at radius 3 is 2.85 bits per heavy atom. The molecule has 0 radical (unpaired) electrons. The molecule has 2 amide bonds. The van der Waals surface area contributed by atoms with Gasteiger partial charge in [0.25, 0.3) is 0 Å². The minimum atomic E-state index is -0.252. The molecule has 3 aromatic rings. The van der Waals surface area contributed by atoms with Crippen LogP contribution in [-0.2, 0) is 12.8 Å². The van der Waals surface area contributed by atoms with Gasteiger partial charge >= 0.3 is 6.03 Å². The predicted molar refractivity (Wildman–Crippen MR) is 105 cm³/mol. The Bertz CT molecular complexity index is 920. The number of aromatic amines is 1. The Kier molecular flexibility index (Phi) is 5.80. The molecule has 0 aliphatic carbocycles. The summed E-state index contributed by atoms with van der Waals surface area (Å²) in [4.78, 5) is 21.1. The van der Waals surface area contributed by atoms with Crippen molar-refractivity contribution in [2.24, 2.45) is 0 Å². The zero-order valence-corrected chi connectivity index (χ0v) is 15.8. The lowest BCUT2D eigenvalue weighted by molar-refractivity contribution is 0.249. The van der Waals surface area contributed by atoms with E-state index in [9.17, 15) is 4.79 Å². The summed E-state index contributed by atoms with van der Waals surface area (Å²) in [5.74, 6) is 1.45. The molecule has 1 atom stereocenters. The number of H-pyrrole nitrogens is 1. The van der Waals surface area contributed by atoms with Gasteiger partial charge in [-0.3, -0.25) is 10.1 Å². The van der Waals surface area contributed by atoms with E-state index in [-0.39, 0.29) is 12.1 Å². The highest BCUT2D eigenvalue weighted by atomic mass is 16.2. The third-order valence-corrected chi connectivity index (χ3v) is 4.24. The van der Waals surface area contributed by atoms with Crippen molar-refractivity contribution in [3.8, 4) is 11.4 Å². The zero-order valence-electron chi connectivity index (χ0n) is 15.8. The van der Waals surface area contributed by atoms with Crippen LogP contribution in [0.25, 0.3) is 11.4 Å². The summed E-state index contributed by atoms with van der Waals surface area (Å²) in [5.41, 5.74) is 3.65. The molecule has 140 valence electrons. The van der Waals surface area contributed by atoms with Gasteiger partial charge in [-0.05, 0) is 37.6 Å². The average Bonchev–Trinajstić information content (AvgIpc) is 3.13. The van der Waals surface area contributed by atoms with Crippen molar-refractivity contribution in [1.82, 2.24) is 25.5 Å². The SMILES string of the molecule is CCc1nc(-c2cccc(NC(=O)N[C@H](C)Cc3ncccc3C)c2)n[nH]1. The van der Waals surface area contributed by atoms with Gasteiger partial charge in [-0.1, -0.05) is 25.1 Å². The summed E-state index contributed by atoms with van der Waals surface area (Å²) >= 11 is 0. The van der Waals surface area contributed by atoms with Gasteiger partial charge in [-0.2, -0.15) is 5.10 Å². The summed E-state index contributed by atoms with van der Waals surface area (Å²) in [6.07, 6.45) is 3.24. The molecule has 0 bridgehead atoms. The van der Waals surface area contributed by atoms with Crippen LogP contribution >= 0.6 is 0 Å². The molecule has 3 rings (SSSR count). The highest BCUT2D eigenvalue weighted by Gasteiger charge is 2.11. The van der Waals surface area contributed by atoms with Crippen molar-refractivity contribution in [2.75, 3.05) is 5.32 Å². The number of pyridine rings is 1. The Balaban J connectivity index is 1.60. The first kappa shape index (κ1) is 18.6. The van der Waals surface area contributed by atoms with Crippen LogP contribution in [0, 0.1) is 6.92 Å². The van der Waals surface area contributed by atoms with Crippen molar-refractivity contribution >= 4 is 11.7 Å². The van der Waals surface area contributed by atoms with E-state index in [1.165, 1.54) is 0 Å². The van der Waals surface area contributed by atoms with E-state index in [4.69, 9.17) is 0 Å². The first-order chi connectivity index (χ1) is 13.0. The van der Waals surface area contributed by atoms with E-state index >= 15 is 0 Å². The molecule has 0 aliphatic rings. The minimum absolute atomic E-state index is 0.0399. The third-order valence-electron chi connectivity index (χ3n) is 4.24. The van der Waals surface area contributed by atoms with E-state index in [2.05, 4.69) is 30.8 Å². The number of nitrogens with one attached hydrogen (secondary N) is 3. The molecule has 2 aromatic heterocycles. The second-order valence-electron chi connectivity index (χ2n) is 6.51. The standard InChI is InChI=1S/C20H24N6O/c1-4-18-24-19(26-25-18)15-8-5-9-16(12-15)23-20(27)22-14(3)11-17-13(2)7-6-10-21-17/h5-10,12,14H,4,11H2,1-3H3,(H2,22,23,27)(H,24,25,26)/t14-/m1/s1. The van der Waals surface area contributed by atoms with E-state index in [0.717, 1.165) is 29.1 Å². The maximum absolute atomic E-state index is 12.3. The average molecular weight is 364 g/mol. The van der Waals surface area contributed by atoms with E-state index in [1.54, 1.807) is 6.20 Å². The molecule has 0 spiro atoms. The molecule has 0 fully saturated rings. The maximum atomic E-state index is 12.3. The van der Waals surface area contributed by atoms with Gasteiger partial charge in [0.15, 0.2) is 5.82 Å². The number of aryl methyl sites for hydroxylation is 2. The first-order valence-electron chi connectivity index (χ1n) is 9.05. The summed E-state index contributed by atoms with van der Waals surface area (Å²) in [5, 5.41) is 12.9. The number of nitrogens with zero attached hydrogens (tertiary/aromatic N) is 3. The van der Waals surface area contributed by atoms with Gasteiger partial charge in [0.2, 0.25) is 0 Å². The van der Waals surface area contributed by atoms with Crippen molar-refractivity contribution in [1.29, 1.82) is 0 Å². The van der Waals surface area contributed by atoms with Gasteiger partial charge in [0.1, 0.15) is 5.82 Å². The van der Waals surface area contributed by atoms with Crippen molar-refractivity contribution in [2.45, 2.75) is 39.7 Å². The molecule has 0 aliphatic heterocycles. The fourth-order valence-corrected chi connectivity index (χ4v) is 2.78. The van der Waals surface area contributed by atoms with Crippen LogP contribution < -0.4 is 10.6 Å². The van der Waals surface area contributed by atoms with E-state index in [1.807, 2.05) is 57.2 Å². The van der Waals surface area contributed by atoms with Gasteiger partial charge in [0.05, 0.1) is 0 Å². The number of anilines is 1. The Hall–Kier alpha value is -3.22. The summed E-state index contributed by atoms with van der Waals surface area (Å²) in [7, 11) is 0. The largest absolute Gasteiger partial charge is 0.335 e. The highest BCUT2D eigenvalue weighted by molar-refractivity contribution is 5.90. The quantitative estimate of drug-likeness (QED) is 0.624. The number of carbonyl (C=O) groups is 1. The number of benzene rings is 1. The van der Waals surface area contributed by atoms with Gasteiger partial charge in [-0.25, -0.2) is 9.78 Å². The summed E-state index contributed by atoms with van der Waals surface area (Å²) in [6, 6.07) is 11.1. The number of rotatable bonds is 6. The second-order valence-corrected chi connectivity index (χ2v) is 6.51. The summed E-state index contributed by atoms with van der Waals surface area (Å²) < 4.78 is 0. The van der Waals surface area contributed by atoms with Gasteiger partial charge < -0.3 is 10.6 Å². The number of hydrogen-bond acceptors (Lipinski definition) is 4. The van der Waals surface area contributed by atoms with Crippen LogP contribution in [0.15, 0.2) is 42.6 Å². The number of aromatic nitrogens is 4. The van der Waals surface area contributed by atoms with Crippen LogP contribution in [0.2, 0.25) is 0 Å². The Morgan fingerprint density at radius 2 is 2.11 bits per heavy atom. The summed E-state index contributed by atoms with van der Waals surface area (Å²) in [6.45, 7) is 6.00. The molecule has 3 N–H and O–H groups in total. The molecule has 1 aromatic carbocycles. The topological polar surface area (TPSA) is 95.6 Å². The normalized spacial score (nSPS) is 11.8. The fourth-order valence-electron chi connectivity index (χ4n) is 2.78. The van der Waals surface area contributed by atoms with Crippen LogP contribution in [0.1, 0.15) is 30.9 Å². The third kappa shape index (κ3) is 4.91. The van der Waals surface area contributed by atoms with Crippen molar-refractivity contribution < 1.29 is 4.79 Å². The lowest BCUT2D eigenvalue weighted by Crippen LogP contribution is -2.37. The molecule has 0 saturated carbocycles. The number of amides is 2. The Morgan fingerprint density at radius 1 is 1.26 bits per heavy atom. The van der Waals surface area contributed by atoms with Gasteiger partial charge in [0, 0.05) is 42.0 Å². The molecule has 7 heteroatoms. The highest BCUT2D eigenvalue weighted by Crippen LogP contribution is 2.19. The lowest BCUT2D eigenvalue weighted by atomic mass is 10.1. The van der Waals surface area contributed by atoms with Gasteiger partial charge in [-0.15, -0.1) is 0 Å². The lowest BCUT2D eigenvalue weighted by Gasteiger charge is -2.15. The number of carbonyl (C=O) groups excluding carboxylic acids is 1. The zero-order chi connectivity index (χ0) is 19.2. The van der Waals surface area contributed by atoms with Crippen LogP contribution in [0.3, 0.4) is 0 Å². The molecule has 27 heavy (non-hydrogen) atoms. The fraction of sp³-hybridized carbons (Fsp3) is 0.300. The molecular formula is C20H24N6O. The van der Waals surface area contributed by atoms with E-state index in [0.29, 0.717) is 17.9 Å². The molecular weight excluding hydrogens is 340 g/mol. The van der Waals surface area contributed by atoms with Crippen LogP contribution in [-0.4, -0.2) is 32.2 Å². The maximum Gasteiger partial charge on any atom is 0.319 e. The van der Waals surface area contributed by atoms with Crippen molar-refractivity contribution in [3.05, 3.63) is 59.7 Å². The Labute approximate surface area is 158 Å².